The monoisotopic (exact) mass is 254 g/mol. The van der Waals surface area contributed by atoms with E-state index in [9.17, 15) is 4.79 Å². The van der Waals surface area contributed by atoms with E-state index in [1.54, 1.807) is 0 Å². The van der Waals surface area contributed by atoms with Gasteiger partial charge < -0.3 is 20.2 Å². The van der Waals surface area contributed by atoms with E-state index in [-0.39, 0.29) is 18.1 Å². The van der Waals surface area contributed by atoms with Crippen molar-refractivity contribution in [3.63, 3.8) is 0 Å². The Bertz CT molecular complexity index is 556. The van der Waals surface area contributed by atoms with Crippen LogP contribution in [0, 0.1) is 0 Å². The van der Waals surface area contributed by atoms with Crippen LogP contribution in [0.25, 0.3) is 11.0 Å². The number of H-pyrrole nitrogens is 2. The average Bonchev–Trinajstić information content (AvgIpc) is 2.70. The zero-order valence-electron chi connectivity index (χ0n) is 9.32. The van der Waals surface area contributed by atoms with Crippen LogP contribution < -0.4 is 15.9 Å². The third-order valence-electron chi connectivity index (χ3n) is 2.99. The summed E-state index contributed by atoms with van der Waals surface area (Å²) in [6.45, 7) is 3.94. The van der Waals surface area contributed by atoms with Gasteiger partial charge in [0.2, 0.25) is 0 Å². The van der Waals surface area contributed by atoms with Crippen LogP contribution in [-0.4, -0.2) is 36.1 Å². The van der Waals surface area contributed by atoms with Gasteiger partial charge >= 0.3 is 5.69 Å². The molecule has 3 rings (SSSR count). The van der Waals surface area contributed by atoms with Crippen molar-refractivity contribution in [2.24, 2.45) is 0 Å². The molecule has 1 aromatic heterocycles. The molecule has 1 saturated heterocycles. The molecule has 1 aromatic carbocycles. The zero-order chi connectivity index (χ0) is 11.0. The van der Waals surface area contributed by atoms with Crippen LogP contribution >= 0.6 is 12.4 Å². The lowest BCUT2D eigenvalue weighted by atomic mass is 10.2. The van der Waals surface area contributed by atoms with Gasteiger partial charge in [-0.05, 0) is 12.1 Å². The Hall–Kier alpha value is -1.46. The number of para-hydroxylation sites is 1. The number of rotatable bonds is 1. The van der Waals surface area contributed by atoms with Gasteiger partial charge in [0.05, 0.1) is 16.7 Å². The minimum atomic E-state index is -0.141. The van der Waals surface area contributed by atoms with Gasteiger partial charge in [-0.2, -0.15) is 0 Å². The first-order chi connectivity index (χ1) is 7.84. The van der Waals surface area contributed by atoms with E-state index in [0.717, 1.165) is 42.9 Å². The average molecular weight is 255 g/mol. The highest BCUT2D eigenvalue weighted by Gasteiger charge is 2.13. The molecule has 1 fully saturated rings. The largest absolute Gasteiger partial charge is 0.367 e. The second-order valence-electron chi connectivity index (χ2n) is 4.02. The third kappa shape index (κ3) is 2.16. The minimum Gasteiger partial charge on any atom is -0.367 e. The molecule has 0 atom stereocenters. The number of fused-ring (bicyclic) bond motifs is 1. The molecule has 3 N–H and O–H groups in total. The van der Waals surface area contributed by atoms with E-state index in [1.807, 2.05) is 12.1 Å². The van der Waals surface area contributed by atoms with Gasteiger partial charge in [-0.25, -0.2) is 4.79 Å². The molecule has 0 amide bonds. The molecule has 0 unspecified atom stereocenters. The standard InChI is InChI=1S/C11H14N4O.ClH/c16-11-13-8-2-1-3-9(10(8)14-11)15-6-4-12-5-7-15;/h1-3,12H,4-7H2,(H2,13,14,16);1H. The second-order valence-corrected chi connectivity index (χ2v) is 4.02. The molecule has 1 aliphatic heterocycles. The van der Waals surface area contributed by atoms with Crippen LogP contribution in [-0.2, 0) is 0 Å². The predicted molar refractivity (Wildman–Crippen MR) is 71.3 cm³/mol. The molecule has 2 aromatic rings. The summed E-state index contributed by atoms with van der Waals surface area (Å²) in [6.07, 6.45) is 0. The summed E-state index contributed by atoms with van der Waals surface area (Å²) < 4.78 is 0. The van der Waals surface area contributed by atoms with Gasteiger partial charge in [0.15, 0.2) is 0 Å². The van der Waals surface area contributed by atoms with Crippen molar-refractivity contribution in [2.75, 3.05) is 31.1 Å². The maximum atomic E-state index is 11.3. The molecule has 0 radical (unpaired) electrons. The maximum Gasteiger partial charge on any atom is 0.323 e. The van der Waals surface area contributed by atoms with Gasteiger partial charge in [0.25, 0.3) is 0 Å². The smallest absolute Gasteiger partial charge is 0.323 e. The Morgan fingerprint density at radius 1 is 1.12 bits per heavy atom. The summed E-state index contributed by atoms with van der Waals surface area (Å²) >= 11 is 0. The zero-order valence-corrected chi connectivity index (χ0v) is 10.1. The van der Waals surface area contributed by atoms with Crippen molar-refractivity contribution in [3.05, 3.63) is 28.7 Å². The number of nitrogens with one attached hydrogen (secondary N) is 3. The first-order valence-electron chi connectivity index (χ1n) is 5.51. The first kappa shape index (κ1) is 12.0. The van der Waals surface area contributed by atoms with Crippen molar-refractivity contribution in [1.82, 2.24) is 15.3 Å². The van der Waals surface area contributed by atoms with Crippen molar-refractivity contribution >= 4 is 29.1 Å². The summed E-state index contributed by atoms with van der Waals surface area (Å²) in [4.78, 5) is 19.2. The van der Waals surface area contributed by atoms with Crippen LogP contribution in [0.5, 0.6) is 0 Å². The summed E-state index contributed by atoms with van der Waals surface area (Å²) in [5.41, 5.74) is 2.75. The number of benzene rings is 1. The fourth-order valence-corrected chi connectivity index (χ4v) is 2.21. The number of imidazole rings is 1. The molecule has 0 spiro atoms. The van der Waals surface area contributed by atoms with E-state index < -0.39 is 0 Å². The summed E-state index contributed by atoms with van der Waals surface area (Å²) in [5.74, 6) is 0. The minimum absolute atomic E-state index is 0. The van der Waals surface area contributed by atoms with Gasteiger partial charge in [0.1, 0.15) is 0 Å². The second kappa shape index (κ2) is 4.81. The number of aromatic amines is 2. The number of hydrogen-bond donors (Lipinski definition) is 3. The van der Waals surface area contributed by atoms with E-state index in [1.165, 1.54) is 0 Å². The van der Waals surface area contributed by atoms with E-state index in [2.05, 4.69) is 26.3 Å². The molecule has 0 aliphatic carbocycles. The predicted octanol–water partition coefficient (Wildman–Crippen LogP) is 0.688. The highest BCUT2D eigenvalue weighted by atomic mass is 35.5. The van der Waals surface area contributed by atoms with E-state index in [0.29, 0.717) is 0 Å². The summed E-state index contributed by atoms with van der Waals surface area (Å²) in [7, 11) is 0. The SMILES string of the molecule is Cl.O=c1[nH]c2cccc(N3CCNCC3)c2[nH]1. The van der Waals surface area contributed by atoms with Gasteiger partial charge in [-0.3, -0.25) is 0 Å². The van der Waals surface area contributed by atoms with Crippen molar-refractivity contribution in [1.29, 1.82) is 0 Å². The normalized spacial score (nSPS) is 15.9. The fraction of sp³-hybridized carbons (Fsp3) is 0.364. The molecule has 92 valence electrons. The van der Waals surface area contributed by atoms with Crippen LogP contribution in [0.15, 0.2) is 23.0 Å². The molecule has 0 bridgehead atoms. The Labute approximate surface area is 105 Å². The van der Waals surface area contributed by atoms with E-state index in [4.69, 9.17) is 0 Å². The molecule has 6 heteroatoms. The number of aromatic nitrogens is 2. The number of anilines is 1. The molecule has 1 aliphatic rings. The lowest BCUT2D eigenvalue weighted by Crippen LogP contribution is -2.43. The first-order valence-corrected chi connectivity index (χ1v) is 5.51. The molecular formula is C11H15ClN4O. The van der Waals surface area contributed by atoms with Crippen LogP contribution in [0.2, 0.25) is 0 Å². The highest BCUT2D eigenvalue weighted by Crippen LogP contribution is 2.23. The van der Waals surface area contributed by atoms with Crippen LogP contribution in [0.3, 0.4) is 0 Å². The molecule has 0 saturated carbocycles. The molecule has 2 heterocycles. The Kier molecular flexibility index (Phi) is 3.40. The quantitative estimate of drug-likeness (QED) is 0.702. The van der Waals surface area contributed by atoms with Crippen molar-refractivity contribution in [2.45, 2.75) is 0 Å². The van der Waals surface area contributed by atoms with Gasteiger partial charge in [0, 0.05) is 26.2 Å². The van der Waals surface area contributed by atoms with Crippen molar-refractivity contribution < 1.29 is 0 Å². The Balaban J connectivity index is 0.00000108. The number of halogens is 1. The number of nitrogens with zero attached hydrogens (tertiary/aromatic N) is 1. The molecular weight excluding hydrogens is 240 g/mol. The lowest BCUT2D eigenvalue weighted by molar-refractivity contribution is 0.590. The Morgan fingerprint density at radius 2 is 1.88 bits per heavy atom. The highest BCUT2D eigenvalue weighted by molar-refractivity contribution is 5.88. The summed E-state index contributed by atoms with van der Waals surface area (Å²) in [6, 6.07) is 5.94. The fourth-order valence-electron chi connectivity index (χ4n) is 2.21. The number of hydrogen-bond acceptors (Lipinski definition) is 3. The number of piperazine rings is 1. The summed E-state index contributed by atoms with van der Waals surface area (Å²) in [5, 5.41) is 3.32. The van der Waals surface area contributed by atoms with Crippen LogP contribution in [0.1, 0.15) is 0 Å². The van der Waals surface area contributed by atoms with E-state index >= 15 is 0 Å². The van der Waals surface area contributed by atoms with Gasteiger partial charge in [-0.1, -0.05) is 6.07 Å². The van der Waals surface area contributed by atoms with Crippen LogP contribution in [0.4, 0.5) is 5.69 Å². The maximum absolute atomic E-state index is 11.3. The topological polar surface area (TPSA) is 63.9 Å². The third-order valence-corrected chi connectivity index (χ3v) is 2.99. The molecule has 17 heavy (non-hydrogen) atoms. The Morgan fingerprint density at radius 3 is 2.65 bits per heavy atom. The van der Waals surface area contributed by atoms with Crippen molar-refractivity contribution in [3.8, 4) is 0 Å². The van der Waals surface area contributed by atoms with Gasteiger partial charge in [-0.15, -0.1) is 12.4 Å². The lowest BCUT2D eigenvalue weighted by Gasteiger charge is -2.29. The molecule has 5 nitrogen and oxygen atoms in total.